The summed E-state index contributed by atoms with van der Waals surface area (Å²) in [7, 11) is 3.37. The van der Waals surface area contributed by atoms with Gasteiger partial charge in [-0.2, -0.15) is 0 Å². The fourth-order valence-electron chi connectivity index (χ4n) is 2.66. The molecule has 0 unspecified atom stereocenters. The summed E-state index contributed by atoms with van der Waals surface area (Å²) in [6.07, 6.45) is 2.26. The molecule has 3 N–H and O–H groups in total. The van der Waals surface area contributed by atoms with Gasteiger partial charge in [-0.05, 0) is 18.2 Å². The standard InChI is InChI=1S/C17H18FN3O2.C3H6O.C2H4O/c1-19-14-7-3-5-11(16(14)18)10-23-15-8-4-6-12-13(15)9-21(20-2)17(12)22;1-2-3-4;1-2-3/h3-8,19-20H,9-10H2,1-2H3;3H,2H2,1H3;2-3H,1H2. The molecule has 8 heteroatoms. The molecule has 1 amide bonds. The highest BCUT2D eigenvalue weighted by molar-refractivity contribution is 5.98. The van der Waals surface area contributed by atoms with E-state index >= 15 is 0 Å². The number of ether oxygens (including phenoxy) is 1. The number of rotatable bonds is 6. The summed E-state index contributed by atoms with van der Waals surface area (Å²) in [4.78, 5) is 21.3. The van der Waals surface area contributed by atoms with Gasteiger partial charge in [0.1, 0.15) is 18.6 Å². The number of anilines is 1. The smallest absolute Gasteiger partial charge is 0.268 e. The van der Waals surface area contributed by atoms with E-state index in [1.807, 2.05) is 6.92 Å². The van der Waals surface area contributed by atoms with Gasteiger partial charge in [-0.3, -0.25) is 9.80 Å². The highest BCUT2D eigenvalue weighted by Crippen LogP contribution is 2.30. The fraction of sp³-hybridized carbons (Fsp3) is 0.273. The molecule has 1 aliphatic heterocycles. The Morgan fingerprint density at radius 3 is 2.47 bits per heavy atom. The second kappa shape index (κ2) is 12.9. The number of aldehydes is 1. The van der Waals surface area contributed by atoms with Crippen molar-refractivity contribution in [1.82, 2.24) is 10.4 Å². The van der Waals surface area contributed by atoms with E-state index in [0.29, 0.717) is 35.5 Å². The molecule has 0 atom stereocenters. The third kappa shape index (κ3) is 6.31. The zero-order chi connectivity index (χ0) is 22.5. The Balaban J connectivity index is 0.000000564. The zero-order valence-electron chi connectivity index (χ0n) is 17.4. The zero-order valence-corrected chi connectivity index (χ0v) is 17.4. The van der Waals surface area contributed by atoms with Crippen molar-refractivity contribution in [3.63, 3.8) is 0 Å². The monoisotopic (exact) mass is 417 g/mol. The van der Waals surface area contributed by atoms with E-state index in [2.05, 4.69) is 17.3 Å². The lowest BCUT2D eigenvalue weighted by molar-refractivity contribution is -0.107. The van der Waals surface area contributed by atoms with Crippen molar-refractivity contribution in [2.75, 3.05) is 19.4 Å². The van der Waals surface area contributed by atoms with Crippen LogP contribution in [0.4, 0.5) is 10.1 Å². The van der Waals surface area contributed by atoms with E-state index in [1.165, 1.54) is 5.01 Å². The number of nitrogens with zero attached hydrogens (tertiary/aromatic N) is 1. The molecule has 7 nitrogen and oxygen atoms in total. The lowest BCUT2D eigenvalue weighted by atomic mass is 10.1. The molecular weight excluding hydrogens is 389 g/mol. The quantitative estimate of drug-likeness (QED) is 0.489. The molecule has 162 valence electrons. The second-order valence-electron chi connectivity index (χ2n) is 5.97. The van der Waals surface area contributed by atoms with Gasteiger partial charge in [0.05, 0.1) is 18.5 Å². The van der Waals surface area contributed by atoms with Crippen LogP contribution in [0.1, 0.15) is 34.8 Å². The van der Waals surface area contributed by atoms with Crippen molar-refractivity contribution in [2.45, 2.75) is 26.5 Å². The van der Waals surface area contributed by atoms with E-state index < -0.39 is 0 Å². The van der Waals surface area contributed by atoms with Crippen LogP contribution < -0.4 is 15.5 Å². The predicted octanol–water partition coefficient (Wildman–Crippen LogP) is 3.82. The van der Waals surface area contributed by atoms with Gasteiger partial charge in [0.2, 0.25) is 0 Å². The average molecular weight is 417 g/mol. The van der Waals surface area contributed by atoms with Crippen LogP contribution >= 0.6 is 0 Å². The molecule has 0 bridgehead atoms. The van der Waals surface area contributed by atoms with Crippen LogP contribution in [-0.2, 0) is 17.9 Å². The number of halogens is 1. The van der Waals surface area contributed by atoms with Crippen molar-refractivity contribution in [1.29, 1.82) is 0 Å². The van der Waals surface area contributed by atoms with Crippen molar-refractivity contribution >= 4 is 17.9 Å². The van der Waals surface area contributed by atoms with E-state index in [0.717, 1.165) is 18.1 Å². The van der Waals surface area contributed by atoms with Crippen LogP contribution in [0.2, 0.25) is 0 Å². The van der Waals surface area contributed by atoms with E-state index in [4.69, 9.17) is 9.84 Å². The maximum absolute atomic E-state index is 14.2. The SMILES string of the molecule is C=CO.CCC=O.CNc1cccc(COc2cccc3c2CN(NC)C3=O)c1F. The minimum atomic E-state index is -0.324. The van der Waals surface area contributed by atoms with Crippen molar-refractivity contribution in [3.05, 3.63) is 71.7 Å². The van der Waals surface area contributed by atoms with Crippen molar-refractivity contribution < 1.29 is 23.8 Å². The van der Waals surface area contributed by atoms with Crippen LogP contribution in [0.25, 0.3) is 0 Å². The normalized spacial score (nSPS) is 11.3. The van der Waals surface area contributed by atoms with Gasteiger partial charge in [-0.1, -0.05) is 31.7 Å². The van der Waals surface area contributed by atoms with Crippen LogP contribution in [0.15, 0.2) is 49.2 Å². The molecule has 0 saturated heterocycles. The summed E-state index contributed by atoms with van der Waals surface area (Å²) < 4.78 is 20.0. The molecule has 0 saturated carbocycles. The molecular formula is C22H28FN3O4. The number of carbonyl (C=O) groups is 2. The molecule has 2 aromatic carbocycles. The number of aliphatic hydroxyl groups excluding tert-OH is 1. The predicted molar refractivity (Wildman–Crippen MR) is 115 cm³/mol. The first kappa shape index (κ1) is 24.6. The minimum absolute atomic E-state index is 0.0867. The van der Waals surface area contributed by atoms with Crippen molar-refractivity contribution in [3.8, 4) is 5.75 Å². The van der Waals surface area contributed by atoms with E-state index in [1.54, 1.807) is 50.5 Å². The van der Waals surface area contributed by atoms with Crippen LogP contribution in [0.5, 0.6) is 5.75 Å². The molecule has 3 rings (SSSR count). The number of amides is 1. The topological polar surface area (TPSA) is 90.9 Å². The first-order chi connectivity index (χ1) is 14.5. The van der Waals surface area contributed by atoms with Gasteiger partial charge in [-0.15, -0.1) is 0 Å². The molecule has 1 aliphatic rings. The Morgan fingerprint density at radius 2 is 1.90 bits per heavy atom. The van der Waals surface area contributed by atoms with Gasteiger partial charge in [0.15, 0.2) is 5.82 Å². The van der Waals surface area contributed by atoms with Gasteiger partial charge >= 0.3 is 0 Å². The largest absolute Gasteiger partial charge is 0.516 e. The molecule has 0 fully saturated rings. The average Bonchev–Trinajstić information content (AvgIpc) is 3.10. The van der Waals surface area contributed by atoms with Gasteiger partial charge in [0.25, 0.3) is 5.91 Å². The van der Waals surface area contributed by atoms with Gasteiger partial charge in [-0.25, -0.2) is 9.82 Å². The summed E-state index contributed by atoms with van der Waals surface area (Å²) in [6, 6.07) is 10.5. The summed E-state index contributed by atoms with van der Waals surface area (Å²) in [6.45, 7) is 5.26. The maximum Gasteiger partial charge on any atom is 0.268 e. The summed E-state index contributed by atoms with van der Waals surface area (Å²) in [5.74, 6) is 0.190. The first-order valence-corrected chi connectivity index (χ1v) is 9.36. The number of benzene rings is 2. The van der Waals surface area contributed by atoms with Crippen LogP contribution in [0.3, 0.4) is 0 Å². The Morgan fingerprint density at radius 1 is 1.27 bits per heavy atom. The molecule has 0 radical (unpaired) electrons. The number of hydrazine groups is 1. The number of hydrogen-bond acceptors (Lipinski definition) is 6. The molecule has 2 aromatic rings. The Labute approximate surface area is 176 Å². The summed E-state index contributed by atoms with van der Waals surface area (Å²) in [5.41, 5.74) is 5.17. The third-order valence-electron chi connectivity index (χ3n) is 4.09. The van der Waals surface area contributed by atoms with E-state index in [9.17, 15) is 14.0 Å². The summed E-state index contributed by atoms with van der Waals surface area (Å²) >= 11 is 0. The Kier molecular flexibility index (Phi) is 10.6. The van der Waals surface area contributed by atoms with Gasteiger partial charge < -0.3 is 20.0 Å². The van der Waals surface area contributed by atoms with E-state index in [-0.39, 0.29) is 18.3 Å². The highest BCUT2D eigenvalue weighted by Gasteiger charge is 2.29. The number of carbonyl (C=O) groups excluding carboxylic acids is 2. The Hall–Kier alpha value is -3.39. The molecule has 0 aliphatic carbocycles. The Bertz CT molecular complexity index is 858. The number of aliphatic hydroxyl groups is 1. The molecule has 30 heavy (non-hydrogen) atoms. The number of hydrogen-bond donors (Lipinski definition) is 3. The summed E-state index contributed by atoms with van der Waals surface area (Å²) in [5, 5.41) is 11.7. The molecule has 0 spiro atoms. The highest BCUT2D eigenvalue weighted by atomic mass is 19.1. The fourth-order valence-corrected chi connectivity index (χ4v) is 2.66. The van der Waals surface area contributed by atoms with Crippen LogP contribution in [-0.4, -0.2) is 36.4 Å². The minimum Gasteiger partial charge on any atom is -0.516 e. The molecule has 1 heterocycles. The third-order valence-corrected chi connectivity index (χ3v) is 4.09. The number of fused-ring (bicyclic) bond motifs is 1. The van der Waals surface area contributed by atoms with Gasteiger partial charge in [0, 0.05) is 37.2 Å². The van der Waals surface area contributed by atoms with Crippen molar-refractivity contribution in [2.24, 2.45) is 0 Å². The lowest BCUT2D eigenvalue weighted by Gasteiger charge is -2.13. The second-order valence-corrected chi connectivity index (χ2v) is 5.97. The lowest BCUT2D eigenvalue weighted by Crippen LogP contribution is -2.34. The number of nitrogens with one attached hydrogen (secondary N) is 2. The first-order valence-electron chi connectivity index (χ1n) is 9.36. The maximum atomic E-state index is 14.2. The molecule has 0 aromatic heterocycles. The van der Waals surface area contributed by atoms with Crippen LogP contribution in [0, 0.1) is 5.82 Å².